The molecule has 2 aromatic rings. The van der Waals surface area contributed by atoms with E-state index in [0.29, 0.717) is 43.6 Å². The topological polar surface area (TPSA) is 72.9 Å². The molecule has 0 radical (unpaired) electrons. The number of nitrogens with zero attached hydrogens (tertiary/aromatic N) is 2. The van der Waals surface area contributed by atoms with Crippen LogP contribution in [0, 0.1) is 5.82 Å². The number of methoxy groups -OCH3 is 1. The minimum Gasteiger partial charge on any atom is -0.474 e. The van der Waals surface area contributed by atoms with Gasteiger partial charge in [0, 0.05) is 25.6 Å². The van der Waals surface area contributed by atoms with Crippen LogP contribution in [0.15, 0.2) is 30.3 Å². The first-order chi connectivity index (χ1) is 14.7. The number of nitrogens with one attached hydrogen (secondary N) is 1. The summed E-state index contributed by atoms with van der Waals surface area (Å²) >= 11 is 0. The SMILES string of the molecule is COCCNc1nc2c(cc1Cc1ccc(F)cc1)N(C(=O)OC(C)(C)C)[C@@H](C)CO2. The first kappa shape index (κ1) is 22.8. The lowest BCUT2D eigenvalue weighted by atomic mass is 10.0. The Balaban J connectivity index is 1.99. The van der Waals surface area contributed by atoms with Gasteiger partial charge in [-0.15, -0.1) is 0 Å². The molecule has 0 spiro atoms. The van der Waals surface area contributed by atoms with Crippen LogP contribution in [0.3, 0.4) is 0 Å². The number of ether oxygens (including phenoxy) is 3. The lowest BCUT2D eigenvalue weighted by molar-refractivity contribution is 0.0546. The van der Waals surface area contributed by atoms with Gasteiger partial charge in [0.2, 0.25) is 5.88 Å². The molecule has 0 saturated carbocycles. The van der Waals surface area contributed by atoms with Gasteiger partial charge in [0.05, 0.1) is 12.6 Å². The number of hydrogen-bond acceptors (Lipinski definition) is 6. The van der Waals surface area contributed by atoms with Crippen LogP contribution in [-0.4, -0.2) is 49.6 Å². The summed E-state index contributed by atoms with van der Waals surface area (Å²) in [5, 5.41) is 3.26. The van der Waals surface area contributed by atoms with Crippen LogP contribution in [0.25, 0.3) is 0 Å². The molecule has 31 heavy (non-hydrogen) atoms. The smallest absolute Gasteiger partial charge is 0.415 e. The lowest BCUT2D eigenvalue weighted by Crippen LogP contribution is -2.47. The van der Waals surface area contributed by atoms with Crippen molar-refractivity contribution in [3.05, 3.63) is 47.3 Å². The quantitative estimate of drug-likeness (QED) is 0.684. The van der Waals surface area contributed by atoms with Gasteiger partial charge in [-0.3, -0.25) is 4.90 Å². The monoisotopic (exact) mass is 431 g/mol. The second-order valence-corrected chi connectivity index (χ2v) is 8.55. The van der Waals surface area contributed by atoms with Gasteiger partial charge >= 0.3 is 6.09 Å². The molecule has 0 unspecified atom stereocenters. The Bertz CT molecular complexity index is 912. The Hall–Kier alpha value is -2.87. The number of amides is 1. The van der Waals surface area contributed by atoms with Gasteiger partial charge in [0.1, 0.15) is 29.5 Å². The van der Waals surface area contributed by atoms with E-state index in [-0.39, 0.29) is 11.9 Å². The van der Waals surface area contributed by atoms with E-state index in [2.05, 4.69) is 10.3 Å². The summed E-state index contributed by atoms with van der Waals surface area (Å²) in [6.07, 6.45) is 0.0612. The zero-order chi connectivity index (χ0) is 22.6. The van der Waals surface area contributed by atoms with E-state index in [1.165, 1.54) is 12.1 Å². The Morgan fingerprint density at radius 1 is 1.32 bits per heavy atom. The summed E-state index contributed by atoms with van der Waals surface area (Å²) in [7, 11) is 1.63. The molecule has 1 aliphatic heterocycles. The van der Waals surface area contributed by atoms with E-state index >= 15 is 0 Å². The van der Waals surface area contributed by atoms with Crippen molar-refractivity contribution in [1.82, 2.24) is 4.98 Å². The van der Waals surface area contributed by atoms with Gasteiger partial charge in [-0.05, 0) is 51.5 Å². The van der Waals surface area contributed by atoms with Crippen molar-refractivity contribution in [2.45, 2.75) is 45.8 Å². The number of rotatable bonds is 6. The molecular formula is C23H30FN3O4. The molecule has 0 fully saturated rings. The number of hydrogen-bond donors (Lipinski definition) is 1. The third kappa shape index (κ3) is 5.85. The van der Waals surface area contributed by atoms with Crippen LogP contribution in [-0.2, 0) is 15.9 Å². The minimum absolute atomic E-state index is 0.213. The highest BCUT2D eigenvalue weighted by atomic mass is 19.1. The molecule has 1 aliphatic rings. The summed E-state index contributed by atoms with van der Waals surface area (Å²) in [6, 6.07) is 8.00. The predicted molar refractivity (Wildman–Crippen MR) is 117 cm³/mol. The molecule has 1 N–H and O–H groups in total. The Morgan fingerprint density at radius 2 is 2.03 bits per heavy atom. The van der Waals surface area contributed by atoms with E-state index in [0.717, 1.165) is 11.1 Å². The van der Waals surface area contributed by atoms with Gasteiger partial charge < -0.3 is 19.5 Å². The van der Waals surface area contributed by atoms with E-state index < -0.39 is 11.7 Å². The average Bonchev–Trinajstić information content (AvgIpc) is 2.69. The molecule has 2 heterocycles. The summed E-state index contributed by atoms with van der Waals surface area (Å²) in [6.45, 7) is 8.78. The van der Waals surface area contributed by atoms with Crippen LogP contribution in [0.5, 0.6) is 5.88 Å². The first-order valence-electron chi connectivity index (χ1n) is 10.3. The molecule has 8 heteroatoms. The van der Waals surface area contributed by atoms with Gasteiger partial charge in [-0.25, -0.2) is 9.18 Å². The average molecular weight is 432 g/mol. The highest BCUT2D eigenvalue weighted by Crippen LogP contribution is 2.37. The third-order valence-corrected chi connectivity index (χ3v) is 4.71. The Labute approximate surface area is 182 Å². The highest BCUT2D eigenvalue weighted by molar-refractivity contribution is 5.91. The van der Waals surface area contributed by atoms with Crippen LogP contribution in [0.2, 0.25) is 0 Å². The second-order valence-electron chi connectivity index (χ2n) is 8.55. The lowest BCUT2D eigenvalue weighted by Gasteiger charge is -2.36. The normalized spacial score (nSPS) is 15.8. The number of carbonyl (C=O) groups excluding carboxylic acids is 1. The standard InChI is InChI=1S/C23H30FN3O4/c1-15-14-30-21-19(27(15)22(28)31-23(2,3)4)13-17(20(26-21)25-10-11-29-5)12-16-6-8-18(24)9-7-16/h6-9,13,15H,10-12,14H2,1-5H3,(H,25,26)/t15-/m0/s1. The molecule has 7 nitrogen and oxygen atoms in total. The summed E-state index contributed by atoms with van der Waals surface area (Å²) in [4.78, 5) is 19.2. The largest absolute Gasteiger partial charge is 0.474 e. The van der Waals surface area contributed by atoms with E-state index in [9.17, 15) is 9.18 Å². The fourth-order valence-corrected chi connectivity index (χ4v) is 3.29. The number of aromatic nitrogens is 1. The van der Waals surface area contributed by atoms with Crippen molar-refractivity contribution in [3.63, 3.8) is 0 Å². The minimum atomic E-state index is -0.624. The van der Waals surface area contributed by atoms with Gasteiger partial charge in [-0.2, -0.15) is 4.98 Å². The second kappa shape index (κ2) is 9.51. The number of anilines is 2. The molecule has 1 amide bonds. The molecule has 1 atom stereocenters. The maximum atomic E-state index is 13.3. The number of pyridine rings is 1. The summed E-state index contributed by atoms with van der Waals surface area (Å²) in [5.41, 5.74) is 1.71. The van der Waals surface area contributed by atoms with Crippen LogP contribution < -0.4 is 15.0 Å². The molecule has 0 saturated heterocycles. The maximum absolute atomic E-state index is 13.3. The van der Waals surface area contributed by atoms with Crippen molar-refractivity contribution in [2.75, 3.05) is 37.1 Å². The zero-order valence-corrected chi connectivity index (χ0v) is 18.7. The van der Waals surface area contributed by atoms with Crippen LogP contribution in [0.4, 0.5) is 20.7 Å². The fourth-order valence-electron chi connectivity index (χ4n) is 3.29. The number of fused-ring (bicyclic) bond motifs is 1. The van der Waals surface area contributed by atoms with Crippen molar-refractivity contribution < 1.29 is 23.4 Å². The van der Waals surface area contributed by atoms with E-state index in [1.807, 2.05) is 33.8 Å². The Morgan fingerprint density at radius 3 is 2.68 bits per heavy atom. The summed E-state index contributed by atoms with van der Waals surface area (Å²) in [5.74, 6) is 0.717. The van der Waals surface area contributed by atoms with Crippen molar-refractivity contribution in [1.29, 1.82) is 0 Å². The Kier molecular flexibility index (Phi) is 7.00. The van der Waals surface area contributed by atoms with E-state index in [1.54, 1.807) is 24.1 Å². The molecular weight excluding hydrogens is 401 g/mol. The predicted octanol–water partition coefficient (Wildman–Crippen LogP) is 4.39. The molecule has 1 aromatic heterocycles. The number of halogens is 1. The van der Waals surface area contributed by atoms with Crippen LogP contribution in [0.1, 0.15) is 38.8 Å². The van der Waals surface area contributed by atoms with Crippen molar-refractivity contribution in [3.8, 4) is 5.88 Å². The van der Waals surface area contributed by atoms with Crippen LogP contribution >= 0.6 is 0 Å². The molecule has 0 aliphatic carbocycles. The molecule has 0 bridgehead atoms. The fraction of sp³-hybridized carbons (Fsp3) is 0.478. The van der Waals surface area contributed by atoms with Crippen molar-refractivity contribution in [2.24, 2.45) is 0 Å². The van der Waals surface area contributed by atoms with Gasteiger partial charge in [-0.1, -0.05) is 12.1 Å². The van der Waals surface area contributed by atoms with Gasteiger partial charge in [0.15, 0.2) is 0 Å². The van der Waals surface area contributed by atoms with Gasteiger partial charge in [0.25, 0.3) is 0 Å². The van der Waals surface area contributed by atoms with E-state index in [4.69, 9.17) is 14.2 Å². The molecule has 168 valence electrons. The molecule has 1 aromatic carbocycles. The number of benzene rings is 1. The first-order valence-corrected chi connectivity index (χ1v) is 10.3. The highest BCUT2D eigenvalue weighted by Gasteiger charge is 2.34. The maximum Gasteiger partial charge on any atom is 0.415 e. The zero-order valence-electron chi connectivity index (χ0n) is 18.7. The third-order valence-electron chi connectivity index (χ3n) is 4.71. The number of carbonyl (C=O) groups is 1. The molecule has 3 rings (SSSR count). The summed E-state index contributed by atoms with van der Waals surface area (Å²) < 4.78 is 29.9. The van der Waals surface area contributed by atoms with Crippen molar-refractivity contribution >= 4 is 17.6 Å².